The number of aryl methyl sites for hydroxylation is 1. The van der Waals surface area contributed by atoms with Crippen molar-refractivity contribution in [1.29, 1.82) is 0 Å². The highest BCUT2D eigenvalue weighted by Crippen LogP contribution is 2.29. The number of aliphatic hydroxyl groups excluding tert-OH is 1. The number of nitrogens with zero attached hydrogens (tertiary/aromatic N) is 1. The molecule has 0 fully saturated rings. The molecule has 0 spiro atoms. The first-order valence-corrected chi connectivity index (χ1v) is 7.78. The number of rotatable bonds is 8. The third-order valence-corrected chi connectivity index (χ3v) is 3.76. The molecule has 1 N–H and O–H groups in total. The first kappa shape index (κ1) is 18.2. The maximum absolute atomic E-state index is 13.7. The Morgan fingerprint density at radius 3 is 2.88 bits per heavy atom. The van der Waals surface area contributed by atoms with E-state index in [4.69, 9.17) is 14.3 Å². The number of aliphatic hydroxyl groups is 1. The average Bonchev–Trinajstić information content (AvgIpc) is 2.86. The second-order valence-electron chi connectivity index (χ2n) is 5.63. The summed E-state index contributed by atoms with van der Waals surface area (Å²) in [6.45, 7) is 9.82. The van der Waals surface area contributed by atoms with Gasteiger partial charge in [-0.25, -0.2) is 9.18 Å². The lowest BCUT2D eigenvalue weighted by atomic mass is 9.94. The van der Waals surface area contributed by atoms with Gasteiger partial charge in [-0.1, -0.05) is 13.2 Å². The molecule has 1 aliphatic rings. The van der Waals surface area contributed by atoms with Gasteiger partial charge in [-0.2, -0.15) is 0 Å². The average molecular weight is 335 g/mol. The summed E-state index contributed by atoms with van der Waals surface area (Å²) in [4.78, 5) is 12.0. The molecule has 0 aromatic carbocycles. The van der Waals surface area contributed by atoms with Crippen molar-refractivity contribution in [3.8, 4) is 0 Å². The number of allylic oxidation sites excluding steroid dienone is 5. The zero-order valence-corrected chi connectivity index (χ0v) is 13.8. The van der Waals surface area contributed by atoms with Gasteiger partial charge in [0, 0.05) is 6.42 Å². The fourth-order valence-electron chi connectivity index (χ4n) is 2.44. The van der Waals surface area contributed by atoms with Gasteiger partial charge >= 0.3 is 5.76 Å². The van der Waals surface area contributed by atoms with Gasteiger partial charge in [0.25, 0.3) is 0 Å². The summed E-state index contributed by atoms with van der Waals surface area (Å²) in [5, 5.41) is 8.70. The molecule has 130 valence electrons. The monoisotopic (exact) mass is 335 g/mol. The van der Waals surface area contributed by atoms with Crippen LogP contribution in [0.5, 0.6) is 0 Å². The summed E-state index contributed by atoms with van der Waals surface area (Å²) < 4.78 is 25.7. The summed E-state index contributed by atoms with van der Waals surface area (Å²) in [7, 11) is 0. The van der Waals surface area contributed by atoms with Crippen molar-refractivity contribution in [1.82, 2.24) is 4.57 Å². The van der Waals surface area contributed by atoms with Gasteiger partial charge in [-0.05, 0) is 42.2 Å². The highest BCUT2D eigenvalue weighted by molar-refractivity contribution is 5.62. The van der Waals surface area contributed by atoms with Gasteiger partial charge in [0.15, 0.2) is 0 Å². The topological polar surface area (TPSA) is 64.6 Å². The molecular formula is C18H22FNO4. The Labute approximate surface area is 140 Å². The van der Waals surface area contributed by atoms with E-state index in [9.17, 15) is 9.18 Å². The number of aromatic nitrogens is 1. The fraction of sp³-hybridized carbons (Fsp3) is 0.389. The van der Waals surface area contributed by atoms with E-state index in [2.05, 4.69) is 13.2 Å². The minimum atomic E-state index is -0.445. The van der Waals surface area contributed by atoms with E-state index >= 15 is 0 Å². The standard InChI is InChI=1S/C18H22FNO4/c1-12(2)15(19)10-13(3)14-4-5-17-16(11-14)20(18(22)24-17)6-8-23-9-7-21/h10-11,21H,1,3-9H2,2H3/b15-10+. The minimum absolute atomic E-state index is 0.0666. The second kappa shape index (κ2) is 8.08. The van der Waals surface area contributed by atoms with Crippen LogP contribution in [0.25, 0.3) is 6.08 Å². The summed E-state index contributed by atoms with van der Waals surface area (Å²) in [5.41, 5.74) is 2.41. The number of halogens is 1. The Morgan fingerprint density at radius 1 is 1.46 bits per heavy atom. The maximum atomic E-state index is 13.7. The quantitative estimate of drug-likeness (QED) is 0.586. The highest BCUT2D eigenvalue weighted by Gasteiger charge is 2.20. The lowest BCUT2D eigenvalue weighted by Crippen LogP contribution is -2.20. The smallest absolute Gasteiger partial charge is 0.412 e. The van der Waals surface area contributed by atoms with Crippen LogP contribution in [0.1, 0.15) is 24.8 Å². The second-order valence-corrected chi connectivity index (χ2v) is 5.63. The van der Waals surface area contributed by atoms with Crippen LogP contribution in [0, 0.1) is 0 Å². The van der Waals surface area contributed by atoms with Crippen LogP contribution in [-0.4, -0.2) is 29.5 Å². The van der Waals surface area contributed by atoms with Crippen LogP contribution in [0.2, 0.25) is 0 Å². The number of hydrogen-bond donors (Lipinski definition) is 1. The molecule has 1 aliphatic carbocycles. The normalized spacial score (nSPS) is 14.3. The Bertz CT molecular complexity index is 752. The lowest BCUT2D eigenvalue weighted by molar-refractivity contribution is 0.0860. The molecule has 1 aromatic heterocycles. The third kappa shape index (κ3) is 4.21. The van der Waals surface area contributed by atoms with Crippen LogP contribution in [0.15, 0.2) is 51.0 Å². The van der Waals surface area contributed by atoms with Crippen molar-refractivity contribution in [3.05, 3.63) is 63.8 Å². The molecule has 5 nitrogen and oxygen atoms in total. The van der Waals surface area contributed by atoms with Gasteiger partial charge in [0.2, 0.25) is 0 Å². The molecule has 0 amide bonds. The van der Waals surface area contributed by atoms with Gasteiger partial charge in [0.1, 0.15) is 11.6 Å². The van der Waals surface area contributed by atoms with E-state index in [0.717, 1.165) is 5.57 Å². The van der Waals surface area contributed by atoms with Crippen LogP contribution in [0.4, 0.5) is 4.39 Å². The van der Waals surface area contributed by atoms with E-state index in [1.807, 2.05) is 0 Å². The van der Waals surface area contributed by atoms with Crippen molar-refractivity contribution >= 4 is 6.08 Å². The molecule has 0 aliphatic heterocycles. The highest BCUT2D eigenvalue weighted by atomic mass is 19.1. The summed E-state index contributed by atoms with van der Waals surface area (Å²) >= 11 is 0. The summed E-state index contributed by atoms with van der Waals surface area (Å²) in [5.74, 6) is -0.240. The van der Waals surface area contributed by atoms with Crippen LogP contribution >= 0.6 is 0 Å². The van der Waals surface area contributed by atoms with Gasteiger partial charge in [-0.15, -0.1) is 0 Å². The molecular weight excluding hydrogens is 313 g/mol. The SMILES string of the molecule is C=C(/C=C(/F)C(=C)C)C1=Cc2c(oc(=O)n2CCOCCO)CC1. The van der Waals surface area contributed by atoms with Crippen LogP contribution in [-0.2, 0) is 17.7 Å². The first-order valence-electron chi connectivity index (χ1n) is 7.78. The van der Waals surface area contributed by atoms with Crippen molar-refractivity contribution in [2.24, 2.45) is 0 Å². The van der Waals surface area contributed by atoms with Crippen molar-refractivity contribution in [3.63, 3.8) is 0 Å². The Hall–Kier alpha value is -2.18. The molecule has 2 rings (SSSR count). The van der Waals surface area contributed by atoms with E-state index in [0.29, 0.717) is 48.6 Å². The van der Waals surface area contributed by atoms with E-state index in [1.165, 1.54) is 10.6 Å². The van der Waals surface area contributed by atoms with E-state index in [1.54, 1.807) is 13.0 Å². The van der Waals surface area contributed by atoms with E-state index < -0.39 is 11.6 Å². The molecule has 1 aromatic rings. The molecule has 0 unspecified atom stereocenters. The molecule has 0 bridgehead atoms. The first-order chi connectivity index (χ1) is 11.4. The van der Waals surface area contributed by atoms with Crippen molar-refractivity contribution in [2.75, 3.05) is 19.8 Å². The number of ether oxygens (including phenoxy) is 1. The summed E-state index contributed by atoms with van der Waals surface area (Å²) in [6, 6.07) is 0. The van der Waals surface area contributed by atoms with Gasteiger partial charge < -0.3 is 14.3 Å². The van der Waals surface area contributed by atoms with Gasteiger partial charge in [-0.3, -0.25) is 4.57 Å². The van der Waals surface area contributed by atoms with Crippen LogP contribution in [0.3, 0.4) is 0 Å². The third-order valence-electron chi connectivity index (χ3n) is 3.76. The molecule has 0 atom stereocenters. The predicted molar refractivity (Wildman–Crippen MR) is 90.3 cm³/mol. The zero-order valence-electron chi connectivity index (χ0n) is 13.8. The van der Waals surface area contributed by atoms with Gasteiger partial charge in [0.05, 0.1) is 32.1 Å². The fourth-order valence-corrected chi connectivity index (χ4v) is 2.44. The molecule has 6 heteroatoms. The maximum Gasteiger partial charge on any atom is 0.419 e. The number of oxazole rings is 1. The zero-order chi connectivity index (χ0) is 17.7. The van der Waals surface area contributed by atoms with Crippen molar-refractivity contribution in [2.45, 2.75) is 26.3 Å². The Morgan fingerprint density at radius 2 is 2.21 bits per heavy atom. The Balaban J connectivity index is 2.23. The largest absolute Gasteiger partial charge is 0.419 e. The molecule has 0 saturated carbocycles. The molecule has 24 heavy (non-hydrogen) atoms. The number of fused-ring (bicyclic) bond motifs is 1. The minimum Gasteiger partial charge on any atom is -0.412 e. The van der Waals surface area contributed by atoms with E-state index in [-0.39, 0.29) is 13.2 Å². The summed E-state index contributed by atoms with van der Waals surface area (Å²) in [6.07, 6.45) is 4.34. The van der Waals surface area contributed by atoms with Crippen LogP contribution < -0.4 is 5.76 Å². The van der Waals surface area contributed by atoms with Crippen molar-refractivity contribution < 1.29 is 18.7 Å². The molecule has 0 saturated heterocycles. The molecule has 1 heterocycles. The number of hydrogen-bond acceptors (Lipinski definition) is 4. The lowest BCUT2D eigenvalue weighted by Gasteiger charge is -2.14. The Kier molecular flexibility index (Phi) is 6.11. The predicted octanol–water partition coefficient (Wildman–Crippen LogP) is 2.77. The molecule has 0 radical (unpaired) electrons.